The zero-order chi connectivity index (χ0) is 13.5. The summed E-state index contributed by atoms with van der Waals surface area (Å²) in [5.41, 5.74) is 1.20. The number of pyridine rings is 1. The molecule has 1 amide bonds. The van der Waals surface area contributed by atoms with Gasteiger partial charge in [-0.25, -0.2) is 0 Å². The van der Waals surface area contributed by atoms with Gasteiger partial charge in [-0.3, -0.25) is 9.78 Å². The van der Waals surface area contributed by atoms with Gasteiger partial charge in [0.05, 0.1) is 11.9 Å². The van der Waals surface area contributed by atoms with Crippen LogP contribution in [0.5, 0.6) is 0 Å². The minimum Gasteiger partial charge on any atom is -0.370 e. The van der Waals surface area contributed by atoms with Crippen LogP contribution in [-0.2, 0) is 4.79 Å². The molecule has 1 fully saturated rings. The molecule has 4 heteroatoms. The predicted octanol–water partition coefficient (Wildman–Crippen LogP) is 2.21. The topological polar surface area (TPSA) is 45.2 Å². The number of nitrogens with zero attached hydrogens (tertiary/aromatic N) is 2. The van der Waals surface area contributed by atoms with E-state index >= 15 is 0 Å². The van der Waals surface area contributed by atoms with Crippen molar-refractivity contribution in [2.24, 2.45) is 5.92 Å². The van der Waals surface area contributed by atoms with Crippen LogP contribution in [0.1, 0.15) is 32.6 Å². The monoisotopic (exact) mass is 261 g/mol. The van der Waals surface area contributed by atoms with Crippen molar-refractivity contribution in [3.63, 3.8) is 0 Å². The zero-order valence-corrected chi connectivity index (χ0v) is 11.6. The molecule has 4 nitrogen and oxygen atoms in total. The molecule has 0 bridgehead atoms. The van der Waals surface area contributed by atoms with E-state index in [9.17, 15) is 4.79 Å². The number of nitrogens with one attached hydrogen (secondary N) is 1. The summed E-state index contributed by atoms with van der Waals surface area (Å²) >= 11 is 0. The number of hydrogen-bond acceptors (Lipinski definition) is 3. The highest BCUT2D eigenvalue weighted by atomic mass is 16.1. The number of carbonyl (C=O) groups excluding carboxylic acids is 1. The average Bonchev–Trinajstić information content (AvgIpc) is 2.47. The van der Waals surface area contributed by atoms with Crippen LogP contribution in [0.3, 0.4) is 0 Å². The molecular formula is C15H23N3O. The van der Waals surface area contributed by atoms with Gasteiger partial charge in [0, 0.05) is 32.3 Å². The Labute approximate surface area is 115 Å². The molecule has 1 N–H and O–H groups in total. The Hall–Kier alpha value is -1.58. The molecule has 2 heterocycles. The largest absolute Gasteiger partial charge is 0.370 e. The molecule has 2 rings (SSSR count). The van der Waals surface area contributed by atoms with Crippen LogP contribution in [0.4, 0.5) is 5.69 Å². The van der Waals surface area contributed by atoms with Crippen LogP contribution < -0.4 is 10.2 Å². The van der Waals surface area contributed by atoms with Crippen LogP contribution >= 0.6 is 0 Å². The smallest absolute Gasteiger partial charge is 0.219 e. The Bertz CT molecular complexity index is 386. The maximum absolute atomic E-state index is 11.4. The molecule has 1 saturated heterocycles. The third kappa shape index (κ3) is 4.23. The van der Waals surface area contributed by atoms with Crippen LogP contribution in [0, 0.1) is 5.92 Å². The standard InChI is InChI=1S/C15H23N3O/c1-2-4-15(19)17-11-13-6-9-18(10-7-13)14-5-3-8-16-12-14/h3,5,8,12-13H,2,4,6-7,9-11H2,1H3,(H,17,19). The quantitative estimate of drug-likeness (QED) is 0.884. The van der Waals surface area contributed by atoms with Gasteiger partial charge in [-0.2, -0.15) is 0 Å². The highest BCUT2D eigenvalue weighted by molar-refractivity contribution is 5.75. The summed E-state index contributed by atoms with van der Waals surface area (Å²) in [5.74, 6) is 0.811. The first-order valence-corrected chi connectivity index (χ1v) is 7.21. The SMILES string of the molecule is CCCC(=O)NCC1CCN(c2cccnc2)CC1. The number of aromatic nitrogens is 1. The fraction of sp³-hybridized carbons (Fsp3) is 0.600. The minimum absolute atomic E-state index is 0.192. The van der Waals surface area contributed by atoms with Gasteiger partial charge in [-0.15, -0.1) is 0 Å². The molecule has 0 saturated carbocycles. The lowest BCUT2D eigenvalue weighted by atomic mass is 9.96. The minimum atomic E-state index is 0.192. The Kier molecular flexibility index (Phi) is 5.19. The van der Waals surface area contributed by atoms with Crippen molar-refractivity contribution in [1.82, 2.24) is 10.3 Å². The van der Waals surface area contributed by atoms with Crippen molar-refractivity contribution in [3.05, 3.63) is 24.5 Å². The maximum Gasteiger partial charge on any atom is 0.219 e. The fourth-order valence-electron chi connectivity index (χ4n) is 2.51. The zero-order valence-electron chi connectivity index (χ0n) is 11.6. The number of rotatable bonds is 5. The van der Waals surface area contributed by atoms with Crippen molar-refractivity contribution in [1.29, 1.82) is 0 Å². The number of anilines is 1. The molecule has 0 aromatic carbocycles. The lowest BCUT2D eigenvalue weighted by molar-refractivity contribution is -0.121. The van der Waals surface area contributed by atoms with Gasteiger partial charge in [0.1, 0.15) is 0 Å². The predicted molar refractivity (Wildman–Crippen MR) is 77.1 cm³/mol. The van der Waals surface area contributed by atoms with E-state index in [2.05, 4.69) is 21.3 Å². The van der Waals surface area contributed by atoms with Crippen LogP contribution in [0.15, 0.2) is 24.5 Å². The molecule has 0 unspecified atom stereocenters. The molecule has 0 atom stereocenters. The van der Waals surface area contributed by atoms with Crippen LogP contribution in [0.2, 0.25) is 0 Å². The molecule has 1 aliphatic heterocycles. The molecule has 19 heavy (non-hydrogen) atoms. The summed E-state index contributed by atoms with van der Waals surface area (Å²) in [4.78, 5) is 18.0. The number of amides is 1. The van der Waals surface area contributed by atoms with E-state index in [-0.39, 0.29) is 5.91 Å². The second-order valence-electron chi connectivity index (χ2n) is 5.20. The summed E-state index contributed by atoms with van der Waals surface area (Å²) in [7, 11) is 0. The lowest BCUT2D eigenvalue weighted by Gasteiger charge is -2.33. The molecule has 0 radical (unpaired) electrons. The van der Waals surface area contributed by atoms with Gasteiger partial charge in [0.15, 0.2) is 0 Å². The highest BCUT2D eigenvalue weighted by Crippen LogP contribution is 2.21. The second kappa shape index (κ2) is 7.12. The molecule has 0 spiro atoms. The Morgan fingerprint density at radius 2 is 2.26 bits per heavy atom. The third-order valence-corrected chi connectivity index (χ3v) is 3.69. The first-order chi connectivity index (χ1) is 9.29. The first kappa shape index (κ1) is 13.8. The number of hydrogen-bond donors (Lipinski definition) is 1. The molecule has 1 aliphatic rings. The van der Waals surface area contributed by atoms with E-state index < -0.39 is 0 Å². The third-order valence-electron chi connectivity index (χ3n) is 3.69. The van der Waals surface area contributed by atoms with E-state index in [1.54, 1.807) is 6.20 Å². The maximum atomic E-state index is 11.4. The Morgan fingerprint density at radius 1 is 1.47 bits per heavy atom. The van der Waals surface area contributed by atoms with E-state index in [4.69, 9.17) is 0 Å². The van der Waals surface area contributed by atoms with Crippen molar-refractivity contribution >= 4 is 11.6 Å². The lowest BCUT2D eigenvalue weighted by Crippen LogP contribution is -2.38. The van der Waals surface area contributed by atoms with Gasteiger partial charge in [0.25, 0.3) is 0 Å². The van der Waals surface area contributed by atoms with Crippen molar-refractivity contribution in [3.8, 4) is 0 Å². The Balaban J connectivity index is 1.72. The highest BCUT2D eigenvalue weighted by Gasteiger charge is 2.19. The summed E-state index contributed by atoms with van der Waals surface area (Å²) in [6, 6.07) is 4.09. The van der Waals surface area contributed by atoms with Gasteiger partial charge >= 0.3 is 0 Å². The number of carbonyl (C=O) groups is 1. The molecule has 1 aromatic heterocycles. The van der Waals surface area contributed by atoms with Gasteiger partial charge in [0.2, 0.25) is 5.91 Å². The Morgan fingerprint density at radius 3 is 2.89 bits per heavy atom. The average molecular weight is 261 g/mol. The normalized spacial score (nSPS) is 16.4. The molecule has 104 valence electrons. The number of piperidine rings is 1. The van der Waals surface area contributed by atoms with Crippen LogP contribution in [0.25, 0.3) is 0 Å². The summed E-state index contributed by atoms with van der Waals surface area (Å²) < 4.78 is 0. The molecule has 1 aromatic rings. The fourth-order valence-corrected chi connectivity index (χ4v) is 2.51. The summed E-state index contributed by atoms with van der Waals surface area (Å²) in [6.07, 6.45) is 7.57. The molecular weight excluding hydrogens is 238 g/mol. The van der Waals surface area contributed by atoms with Gasteiger partial charge in [-0.05, 0) is 37.3 Å². The van der Waals surface area contributed by atoms with Gasteiger partial charge < -0.3 is 10.2 Å². The van der Waals surface area contributed by atoms with E-state index in [1.807, 2.05) is 19.2 Å². The first-order valence-electron chi connectivity index (χ1n) is 7.21. The van der Waals surface area contributed by atoms with E-state index in [0.717, 1.165) is 38.9 Å². The van der Waals surface area contributed by atoms with E-state index in [1.165, 1.54) is 5.69 Å². The van der Waals surface area contributed by atoms with E-state index in [0.29, 0.717) is 12.3 Å². The van der Waals surface area contributed by atoms with Crippen LogP contribution in [-0.4, -0.2) is 30.5 Å². The van der Waals surface area contributed by atoms with Crippen molar-refractivity contribution in [2.45, 2.75) is 32.6 Å². The summed E-state index contributed by atoms with van der Waals surface area (Å²) in [6.45, 7) is 4.98. The van der Waals surface area contributed by atoms with Crippen molar-refractivity contribution in [2.75, 3.05) is 24.5 Å². The van der Waals surface area contributed by atoms with Gasteiger partial charge in [-0.1, -0.05) is 6.92 Å². The summed E-state index contributed by atoms with van der Waals surface area (Å²) in [5, 5.41) is 3.04. The van der Waals surface area contributed by atoms with Crippen molar-refractivity contribution < 1.29 is 4.79 Å². The second-order valence-corrected chi connectivity index (χ2v) is 5.20. The molecule has 0 aliphatic carbocycles.